The molecule has 1 atom stereocenters. The van der Waals surface area contributed by atoms with Gasteiger partial charge in [0.05, 0.1) is 0 Å². The first-order valence-corrected chi connectivity index (χ1v) is 10.4. The summed E-state index contributed by atoms with van der Waals surface area (Å²) in [6.45, 7) is 12.4. The smallest absolute Gasteiger partial charge is 0.408 e. The molecule has 0 aliphatic heterocycles. The number of carbonyl (C=O) groups excluding carboxylic acids is 3. The van der Waals surface area contributed by atoms with Crippen LogP contribution in [0.3, 0.4) is 0 Å². The molecule has 1 aromatic carbocycles. The highest BCUT2D eigenvalue weighted by atomic mass is 16.7. The van der Waals surface area contributed by atoms with Crippen LogP contribution >= 0.6 is 0 Å². The first-order valence-electron chi connectivity index (χ1n) is 10.4. The van der Waals surface area contributed by atoms with Crippen molar-refractivity contribution in [3.63, 3.8) is 0 Å². The number of benzene rings is 1. The highest BCUT2D eigenvalue weighted by Gasteiger charge is 2.28. The summed E-state index contributed by atoms with van der Waals surface area (Å²) in [5.41, 5.74) is -0.457. The van der Waals surface area contributed by atoms with Crippen LogP contribution < -0.4 is 5.32 Å². The van der Waals surface area contributed by atoms with Crippen molar-refractivity contribution in [2.75, 3.05) is 6.54 Å². The van der Waals surface area contributed by atoms with Gasteiger partial charge in [0.1, 0.15) is 23.9 Å². The zero-order valence-electron chi connectivity index (χ0n) is 19.7. The van der Waals surface area contributed by atoms with Crippen LogP contribution in [0.15, 0.2) is 30.3 Å². The molecule has 174 valence electrons. The Hall–Kier alpha value is -2.61. The van der Waals surface area contributed by atoms with E-state index in [1.54, 1.807) is 41.5 Å². The molecule has 0 saturated carbocycles. The van der Waals surface area contributed by atoms with E-state index in [0.717, 1.165) is 5.56 Å². The van der Waals surface area contributed by atoms with Crippen molar-refractivity contribution >= 4 is 18.0 Å². The SMILES string of the molecule is CC(=O)N(CCC[C@H](NC(=O)OC(C)(C)C)C(=O)OC(C)(C)C)OCc1ccccc1. The summed E-state index contributed by atoms with van der Waals surface area (Å²) in [6.07, 6.45) is -0.0344. The number of hydroxylamine groups is 2. The van der Waals surface area contributed by atoms with Crippen LogP contribution in [0.1, 0.15) is 66.9 Å². The van der Waals surface area contributed by atoms with Crippen molar-refractivity contribution in [1.82, 2.24) is 10.4 Å². The Bertz CT molecular complexity index is 722. The normalized spacial score (nSPS) is 12.6. The molecule has 1 aromatic rings. The Morgan fingerprint density at radius 1 is 0.968 bits per heavy atom. The van der Waals surface area contributed by atoms with Crippen molar-refractivity contribution in [3.05, 3.63) is 35.9 Å². The molecule has 0 bridgehead atoms. The van der Waals surface area contributed by atoms with Gasteiger partial charge >= 0.3 is 12.1 Å². The van der Waals surface area contributed by atoms with E-state index in [9.17, 15) is 14.4 Å². The van der Waals surface area contributed by atoms with Crippen LogP contribution in [0, 0.1) is 0 Å². The molecule has 0 aliphatic carbocycles. The highest BCUT2D eigenvalue weighted by Crippen LogP contribution is 2.13. The number of ether oxygens (including phenoxy) is 2. The molecule has 8 nitrogen and oxygen atoms in total. The Labute approximate surface area is 185 Å². The predicted molar refractivity (Wildman–Crippen MR) is 117 cm³/mol. The summed E-state index contributed by atoms with van der Waals surface area (Å²) < 4.78 is 10.7. The summed E-state index contributed by atoms with van der Waals surface area (Å²) >= 11 is 0. The van der Waals surface area contributed by atoms with Crippen LogP contribution in [-0.4, -0.2) is 46.8 Å². The number of esters is 1. The van der Waals surface area contributed by atoms with Crippen molar-refractivity contribution < 1.29 is 28.7 Å². The van der Waals surface area contributed by atoms with E-state index in [1.165, 1.54) is 12.0 Å². The van der Waals surface area contributed by atoms with Gasteiger partial charge in [0.15, 0.2) is 0 Å². The zero-order chi connectivity index (χ0) is 23.7. The molecule has 31 heavy (non-hydrogen) atoms. The van der Waals surface area contributed by atoms with Gasteiger partial charge in [-0.1, -0.05) is 30.3 Å². The number of hydrogen-bond donors (Lipinski definition) is 1. The van der Waals surface area contributed by atoms with Gasteiger partial charge in [0.25, 0.3) is 0 Å². The summed E-state index contributed by atoms with van der Waals surface area (Å²) in [5.74, 6) is -0.803. The van der Waals surface area contributed by atoms with Gasteiger partial charge in [-0.25, -0.2) is 14.7 Å². The predicted octanol–water partition coefficient (Wildman–Crippen LogP) is 3.98. The van der Waals surface area contributed by atoms with Crippen molar-refractivity contribution in [1.29, 1.82) is 0 Å². The van der Waals surface area contributed by atoms with E-state index in [1.807, 2.05) is 30.3 Å². The molecule has 0 spiro atoms. The average Bonchev–Trinajstić information content (AvgIpc) is 2.61. The lowest BCUT2D eigenvalue weighted by Gasteiger charge is -2.27. The number of hydrogen-bond acceptors (Lipinski definition) is 6. The molecule has 1 N–H and O–H groups in total. The van der Waals surface area contributed by atoms with E-state index >= 15 is 0 Å². The fourth-order valence-corrected chi connectivity index (χ4v) is 2.55. The molecule has 1 rings (SSSR count). The molecule has 0 unspecified atom stereocenters. The Balaban J connectivity index is 2.70. The van der Waals surface area contributed by atoms with Crippen LogP contribution in [-0.2, 0) is 30.5 Å². The largest absolute Gasteiger partial charge is 0.458 e. The number of amides is 2. The second-order valence-electron chi connectivity index (χ2n) is 9.25. The van der Waals surface area contributed by atoms with Gasteiger partial charge in [-0.15, -0.1) is 0 Å². The van der Waals surface area contributed by atoms with Crippen molar-refractivity contribution in [3.8, 4) is 0 Å². The first kappa shape index (κ1) is 26.4. The van der Waals surface area contributed by atoms with Crippen LogP contribution in [0.4, 0.5) is 4.79 Å². The minimum atomic E-state index is -0.906. The van der Waals surface area contributed by atoms with Crippen molar-refractivity contribution in [2.45, 2.75) is 85.2 Å². The van der Waals surface area contributed by atoms with E-state index < -0.39 is 29.3 Å². The summed E-state index contributed by atoms with van der Waals surface area (Å²) in [5, 5.41) is 3.83. The second kappa shape index (κ2) is 11.7. The van der Waals surface area contributed by atoms with Gasteiger partial charge in [0, 0.05) is 13.5 Å². The fraction of sp³-hybridized carbons (Fsp3) is 0.609. The minimum absolute atomic E-state index is 0.246. The maximum Gasteiger partial charge on any atom is 0.408 e. The lowest BCUT2D eigenvalue weighted by Crippen LogP contribution is -2.46. The van der Waals surface area contributed by atoms with Crippen LogP contribution in [0.5, 0.6) is 0 Å². The van der Waals surface area contributed by atoms with Crippen LogP contribution in [0.25, 0.3) is 0 Å². The Kier molecular flexibility index (Phi) is 9.97. The molecule has 0 radical (unpaired) electrons. The number of alkyl carbamates (subject to hydrolysis) is 1. The third-order valence-electron chi connectivity index (χ3n) is 3.82. The zero-order valence-corrected chi connectivity index (χ0v) is 19.7. The molecule has 0 aromatic heterocycles. The van der Waals surface area contributed by atoms with Gasteiger partial charge in [-0.3, -0.25) is 9.63 Å². The van der Waals surface area contributed by atoms with Crippen molar-refractivity contribution in [2.24, 2.45) is 0 Å². The third kappa shape index (κ3) is 12.0. The number of nitrogens with one attached hydrogen (secondary N) is 1. The van der Waals surface area contributed by atoms with E-state index in [0.29, 0.717) is 6.42 Å². The summed E-state index contributed by atoms with van der Waals surface area (Å²) in [6, 6.07) is 8.59. The quantitative estimate of drug-likeness (QED) is 0.465. The summed E-state index contributed by atoms with van der Waals surface area (Å²) in [4.78, 5) is 42.3. The molecular weight excluding hydrogens is 400 g/mol. The lowest BCUT2D eigenvalue weighted by molar-refractivity contribution is -0.189. The topological polar surface area (TPSA) is 94.2 Å². The number of nitrogens with zero attached hydrogens (tertiary/aromatic N) is 1. The minimum Gasteiger partial charge on any atom is -0.458 e. The average molecular weight is 437 g/mol. The van der Waals surface area contributed by atoms with Crippen LogP contribution in [0.2, 0.25) is 0 Å². The maximum atomic E-state index is 12.6. The molecule has 0 saturated heterocycles. The molecule has 0 fully saturated rings. The number of carbonyl (C=O) groups is 3. The van der Waals surface area contributed by atoms with Gasteiger partial charge in [-0.2, -0.15) is 0 Å². The monoisotopic (exact) mass is 436 g/mol. The van der Waals surface area contributed by atoms with E-state index in [2.05, 4.69) is 5.32 Å². The maximum absolute atomic E-state index is 12.6. The number of rotatable bonds is 9. The summed E-state index contributed by atoms with van der Waals surface area (Å²) in [7, 11) is 0. The molecule has 8 heteroatoms. The molecule has 0 heterocycles. The standard InChI is InChI=1S/C23H36N2O6/c1-17(26)25(29-16-18-12-9-8-10-13-18)15-11-14-19(20(27)30-22(2,3)4)24-21(28)31-23(5,6)7/h8-10,12-13,19H,11,14-16H2,1-7H3,(H,24,28)/t19-/m0/s1. The van der Waals surface area contributed by atoms with E-state index in [-0.39, 0.29) is 25.5 Å². The van der Waals surface area contributed by atoms with E-state index in [4.69, 9.17) is 14.3 Å². The molecule has 0 aliphatic rings. The van der Waals surface area contributed by atoms with Gasteiger partial charge in [0.2, 0.25) is 5.91 Å². The third-order valence-corrected chi connectivity index (χ3v) is 3.82. The highest BCUT2D eigenvalue weighted by molar-refractivity contribution is 5.81. The molecular formula is C23H36N2O6. The molecule has 2 amide bonds. The second-order valence-corrected chi connectivity index (χ2v) is 9.25. The Morgan fingerprint density at radius 3 is 2.06 bits per heavy atom. The lowest BCUT2D eigenvalue weighted by atomic mass is 10.1. The fourth-order valence-electron chi connectivity index (χ4n) is 2.55. The van der Waals surface area contributed by atoms with Gasteiger partial charge in [-0.05, 0) is 59.9 Å². The Morgan fingerprint density at radius 2 is 1.55 bits per heavy atom. The van der Waals surface area contributed by atoms with Gasteiger partial charge < -0.3 is 14.8 Å². The first-order chi connectivity index (χ1) is 14.3.